The van der Waals surface area contributed by atoms with Crippen molar-refractivity contribution in [2.75, 3.05) is 11.1 Å². The van der Waals surface area contributed by atoms with Crippen molar-refractivity contribution in [2.45, 2.75) is 6.92 Å². The van der Waals surface area contributed by atoms with Gasteiger partial charge in [0, 0.05) is 20.5 Å². The molecule has 2 aromatic carbocycles. The number of nitrogen functional groups attached to an aromatic ring is 1. The highest BCUT2D eigenvalue weighted by Gasteiger charge is 2.07. The largest absolute Gasteiger partial charge is 0.399 e. The van der Waals surface area contributed by atoms with E-state index in [0.717, 1.165) is 14.8 Å². The first kappa shape index (κ1) is 12.9. The number of nitrogens with one attached hydrogen (secondary N) is 1. The molecule has 0 saturated carbocycles. The summed E-state index contributed by atoms with van der Waals surface area (Å²) in [6.07, 6.45) is 0. The van der Waals surface area contributed by atoms with Crippen LogP contribution in [0.5, 0.6) is 0 Å². The van der Waals surface area contributed by atoms with Gasteiger partial charge in [-0.1, -0.05) is 6.07 Å². The zero-order chi connectivity index (χ0) is 13.1. The number of benzene rings is 2. The Hall–Kier alpha value is -1.56. The van der Waals surface area contributed by atoms with Crippen LogP contribution in [0.2, 0.25) is 0 Å². The van der Waals surface area contributed by atoms with Crippen molar-refractivity contribution in [3.63, 3.8) is 0 Å². The Morgan fingerprint density at radius 1 is 1.22 bits per heavy atom. The molecule has 0 aliphatic heterocycles. The predicted octanol–water partition coefficient (Wildman–Crippen LogP) is 3.43. The molecule has 0 aliphatic carbocycles. The van der Waals surface area contributed by atoms with Crippen molar-refractivity contribution < 1.29 is 4.79 Å². The van der Waals surface area contributed by atoms with Crippen LogP contribution in [0.3, 0.4) is 0 Å². The third-order valence-corrected chi connectivity index (χ3v) is 3.26. The van der Waals surface area contributed by atoms with Crippen LogP contribution in [0.1, 0.15) is 15.9 Å². The number of carbonyl (C=O) groups is 1. The molecule has 3 N–H and O–H groups in total. The van der Waals surface area contributed by atoms with Crippen LogP contribution >= 0.6 is 22.6 Å². The second kappa shape index (κ2) is 5.39. The Balaban J connectivity index is 2.21. The molecule has 0 fully saturated rings. The van der Waals surface area contributed by atoms with Gasteiger partial charge in [-0.15, -0.1) is 0 Å². The molecule has 0 atom stereocenters. The molecule has 0 radical (unpaired) electrons. The molecular formula is C14H13IN2O. The molecule has 1 amide bonds. The monoisotopic (exact) mass is 352 g/mol. The molecule has 0 unspecified atom stereocenters. The number of anilines is 2. The van der Waals surface area contributed by atoms with Crippen LogP contribution in [0.25, 0.3) is 0 Å². The van der Waals surface area contributed by atoms with Gasteiger partial charge >= 0.3 is 0 Å². The molecule has 3 nitrogen and oxygen atoms in total. The van der Waals surface area contributed by atoms with E-state index in [2.05, 4.69) is 27.9 Å². The van der Waals surface area contributed by atoms with Crippen molar-refractivity contribution in [1.82, 2.24) is 0 Å². The van der Waals surface area contributed by atoms with E-state index in [1.54, 1.807) is 12.1 Å². The van der Waals surface area contributed by atoms with E-state index in [9.17, 15) is 4.79 Å². The highest BCUT2D eigenvalue weighted by Crippen LogP contribution is 2.19. The van der Waals surface area contributed by atoms with Gasteiger partial charge in [0.25, 0.3) is 5.91 Å². The lowest BCUT2D eigenvalue weighted by Crippen LogP contribution is -2.12. The van der Waals surface area contributed by atoms with Crippen LogP contribution in [-0.2, 0) is 0 Å². The number of carbonyl (C=O) groups excluding carboxylic acids is 1. The first-order chi connectivity index (χ1) is 8.56. The van der Waals surface area contributed by atoms with E-state index in [1.165, 1.54) is 0 Å². The third kappa shape index (κ3) is 3.01. The minimum atomic E-state index is -0.110. The molecule has 0 aromatic heterocycles. The molecule has 0 spiro atoms. The van der Waals surface area contributed by atoms with Crippen molar-refractivity contribution in [3.8, 4) is 0 Å². The van der Waals surface area contributed by atoms with E-state index in [0.29, 0.717) is 11.3 Å². The molecular weight excluding hydrogens is 339 g/mol. The van der Waals surface area contributed by atoms with Gasteiger partial charge in [0.2, 0.25) is 0 Å². The molecule has 2 aromatic rings. The summed E-state index contributed by atoms with van der Waals surface area (Å²) in [5.41, 5.74) is 8.76. The number of rotatable bonds is 2. The summed E-state index contributed by atoms with van der Waals surface area (Å²) in [6, 6.07) is 12.9. The quantitative estimate of drug-likeness (QED) is 0.643. The van der Waals surface area contributed by atoms with Crippen LogP contribution in [-0.4, -0.2) is 5.91 Å². The molecule has 18 heavy (non-hydrogen) atoms. The lowest BCUT2D eigenvalue weighted by molar-refractivity contribution is 0.102. The summed E-state index contributed by atoms with van der Waals surface area (Å²) < 4.78 is 1.04. The summed E-state index contributed by atoms with van der Waals surface area (Å²) in [5, 5.41) is 2.88. The Bertz CT molecular complexity index is 596. The van der Waals surface area contributed by atoms with Crippen molar-refractivity contribution in [2.24, 2.45) is 0 Å². The maximum absolute atomic E-state index is 12.1. The summed E-state index contributed by atoms with van der Waals surface area (Å²) in [7, 11) is 0. The normalized spacial score (nSPS) is 10.1. The predicted molar refractivity (Wildman–Crippen MR) is 82.7 cm³/mol. The van der Waals surface area contributed by atoms with Gasteiger partial charge in [0.1, 0.15) is 0 Å². The van der Waals surface area contributed by atoms with Gasteiger partial charge in [-0.05, 0) is 71.5 Å². The first-order valence-corrected chi connectivity index (χ1v) is 6.57. The van der Waals surface area contributed by atoms with Gasteiger partial charge in [-0.2, -0.15) is 0 Å². The second-order valence-electron chi connectivity index (χ2n) is 4.04. The van der Waals surface area contributed by atoms with Crippen molar-refractivity contribution in [3.05, 3.63) is 57.2 Å². The van der Waals surface area contributed by atoms with E-state index in [-0.39, 0.29) is 5.91 Å². The Morgan fingerprint density at radius 2 is 2.00 bits per heavy atom. The standard InChI is InChI=1S/C14H13IN2O/c1-9-7-12(16)5-6-13(9)17-14(18)10-3-2-4-11(15)8-10/h2-8H,16H2,1H3,(H,17,18). The van der Waals surface area contributed by atoms with E-state index in [1.807, 2.05) is 37.3 Å². The summed E-state index contributed by atoms with van der Waals surface area (Å²) in [5.74, 6) is -0.110. The number of hydrogen-bond donors (Lipinski definition) is 2. The second-order valence-corrected chi connectivity index (χ2v) is 5.28. The Kier molecular flexibility index (Phi) is 3.86. The molecule has 2 rings (SSSR count). The maximum atomic E-state index is 12.1. The topological polar surface area (TPSA) is 55.1 Å². The number of amides is 1. The molecule has 0 heterocycles. The fraction of sp³-hybridized carbons (Fsp3) is 0.0714. The maximum Gasteiger partial charge on any atom is 0.255 e. The van der Waals surface area contributed by atoms with E-state index >= 15 is 0 Å². The van der Waals surface area contributed by atoms with Gasteiger partial charge < -0.3 is 11.1 Å². The zero-order valence-corrected chi connectivity index (χ0v) is 12.1. The van der Waals surface area contributed by atoms with Gasteiger partial charge in [0.15, 0.2) is 0 Å². The Labute approximate surface area is 120 Å². The van der Waals surface area contributed by atoms with Crippen LogP contribution < -0.4 is 11.1 Å². The number of aryl methyl sites for hydroxylation is 1. The first-order valence-electron chi connectivity index (χ1n) is 5.49. The fourth-order valence-electron chi connectivity index (χ4n) is 1.65. The lowest BCUT2D eigenvalue weighted by Gasteiger charge is -2.09. The van der Waals surface area contributed by atoms with E-state index in [4.69, 9.17) is 5.73 Å². The highest BCUT2D eigenvalue weighted by molar-refractivity contribution is 14.1. The summed E-state index contributed by atoms with van der Waals surface area (Å²) in [6.45, 7) is 1.92. The SMILES string of the molecule is Cc1cc(N)ccc1NC(=O)c1cccc(I)c1. The van der Waals surface area contributed by atoms with Crippen LogP contribution in [0.4, 0.5) is 11.4 Å². The number of halogens is 1. The average molecular weight is 352 g/mol. The van der Waals surface area contributed by atoms with E-state index < -0.39 is 0 Å². The minimum absolute atomic E-state index is 0.110. The Morgan fingerprint density at radius 3 is 2.67 bits per heavy atom. The van der Waals surface area contributed by atoms with Gasteiger partial charge in [-0.25, -0.2) is 0 Å². The molecule has 4 heteroatoms. The fourth-order valence-corrected chi connectivity index (χ4v) is 2.19. The smallest absolute Gasteiger partial charge is 0.255 e. The van der Waals surface area contributed by atoms with Gasteiger partial charge in [0.05, 0.1) is 0 Å². The molecule has 0 bridgehead atoms. The molecule has 0 aliphatic rings. The minimum Gasteiger partial charge on any atom is -0.399 e. The molecule has 92 valence electrons. The summed E-state index contributed by atoms with van der Waals surface area (Å²) >= 11 is 2.18. The summed E-state index contributed by atoms with van der Waals surface area (Å²) in [4.78, 5) is 12.1. The lowest BCUT2D eigenvalue weighted by atomic mass is 10.1. The van der Waals surface area contributed by atoms with Crippen molar-refractivity contribution >= 4 is 39.9 Å². The van der Waals surface area contributed by atoms with Crippen LogP contribution in [0.15, 0.2) is 42.5 Å². The highest BCUT2D eigenvalue weighted by atomic mass is 127. The average Bonchev–Trinajstić information content (AvgIpc) is 2.32. The molecule has 0 saturated heterocycles. The number of hydrogen-bond acceptors (Lipinski definition) is 2. The third-order valence-electron chi connectivity index (χ3n) is 2.59. The van der Waals surface area contributed by atoms with Crippen molar-refractivity contribution in [1.29, 1.82) is 0 Å². The van der Waals surface area contributed by atoms with Crippen LogP contribution in [0, 0.1) is 10.5 Å². The number of nitrogens with two attached hydrogens (primary N) is 1. The zero-order valence-electron chi connectivity index (χ0n) is 9.91. The van der Waals surface area contributed by atoms with Gasteiger partial charge in [-0.3, -0.25) is 4.79 Å².